The normalized spacial score (nSPS) is 31.5. The van der Waals surface area contributed by atoms with Crippen molar-refractivity contribution in [3.8, 4) is 0 Å². The van der Waals surface area contributed by atoms with Gasteiger partial charge in [-0.2, -0.15) is 0 Å². The van der Waals surface area contributed by atoms with Crippen LogP contribution in [0.25, 0.3) is 0 Å². The van der Waals surface area contributed by atoms with Gasteiger partial charge in [-0.15, -0.1) is 0 Å². The Morgan fingerprint density at radius 3 is 2.71 bits per heavy atom. The molecule has 2 saturated heterocycles. The highest BCUT2D eigenvalue weighted by molar-refractivity contribution is 5.79. The largest absolute Gasteiger partial charge is 0.465 e. The fourth-order valence-corrected chi connectivity index (χ4v) is 3.43. The van der Waals surface area contributed by atoms with Crippen LogP contribution in [-0.2, 0) is 23.7 Å². The zero-order valence-electron chi connectivity index (χ0n) is 15.9. The standard InChI is InChI=1S/C17H30N2O9/c1-25-15(23)17(26-7-5-3-2-4-6-18)8-11-12(19-16(24)27-11)14(28-17)13(22)10(21)9-20/h10-14,20-22H,2-9,18H2,1H3,(H,19,24)/t10-,11-,12?,13-,14?,17?/m1/s1. The Morgan fingerprint density at radius 2 is 2.07 bits per heavy atom. The molecular weight excluding hydrogens is 376 g/mol. The van der Waals surface area contributed by atoms with Crippen LogP contribution in [-0.4, -0.2) is 90.5 Å². The van der Waals surface area contributed by atoms with E-state index in [1.165, 1.54) is 0 Å². The van der Waals surface area contributed by atoms with Crippen LogP contribution in [0.15, 0.2) is 0 Å². The van der Waals surface area contributed by atoms with Crippen LogP contribution < -0.4 is 11.1 Å². The van der Waals surface area contributed by atoms with Gasteiger partial charge in [0.15, 0.2) is 0 Å². The van der Waals surface area contributed by atoms with Gasteiger partial charge in [-0.1, -0.05) is 12.8 Å². The molecule has 2 aliphatic heterocycles. The van der Waals surface area contributed by atoms with E-state index < -0.39 is 54.9 Å². The number of hydrogen-bond acceptors (Lipinski definition) is 10. The van der Waals surface area contributed by atoms with Crippen molar-refractivity contribution in [1.29, 1.82) is 0 Å². The molecule has 3 unspecified atom stereocenters. The molecular formula is C17H30N2O9. The van der Waals surface area contributed by atoms with Crippen molar-refractivity contribution in [3.63, 3.8) is 0 Å². The van der Waals surface area contributed by atoms with Gasteiger partial charge < -0.3 is 45.3 Å². The summed E-state index contributed by atoms with van der Waals surface area (Å²) in [6, 6.07) is -0.824. The number of carbonyl (C=O) groups excluding carboxylic acids is 2. The number of methoxy groups -OCH3 is 1. The van der Waals surface area contributed by atoms with E-state index in [1.807, 2.05) is 0 Å². The van der Waals surface area contributed by atoms with Gasteiger partial charge in [0.1, 0.15) is 24.4 Å². The molecule has 0 aromatic rings. The van der Waals surface area contributed by atoms with Gasteiger partial charge in [0.2, 0.25) is 0 Å². The molecule has 0 bridgehead atoms. The summed E-state index contributed by atoms with van der Waals surface area (Å²) >= 11 is 0. The van der Waals surface area contributed by atoms with Gasteiger partial charge in [0.05, 0.1) is 32.8 Å². The number of nitrogens with two attached hydrogens (primary N) is 1. The van der Waals surface area contributed by atoms with Crippen molar-refractivity contribution in [2.45, 2.75) is 68.3 Å². The van der Waals surface area contributed by atoms with E-state index in [4.69, 9.17) is 29.8 Å². The summed E-state index contributed by atoms with van der Waals surface area (Å²) in [5.74, 6) is -2.75. The lowest BCUT2D eigenvalue weighted by atomic mass is 9.89. The van der Waals surface area contributed by atoms with Crippen molar-refractivity contribution in [2.75, 3.05) is 26.9 Å². The van der Waals surface area contributed by atoms with Crippen LogP contribution in [0.5, 0.6) is 0 Å². The molecule has 6 N–H and O–H groups in total. The maximum absolute atomic E-state index is 12.5. The molecule has 2 rings (SSSR count). The lowest BCUT2D eigenvalue weighted by Crippen LogP contribution is -2.65. The fraction of sp³-hybridized carbons (Fsp3) is 0.882. The van der Waals surface area contributed by atoms with Crippen molar-refractivity contribution in [1.82, 2.24) is 5.32 Å². The molecule has 0 aromatic heterocycles. The van der Waals surface area contributed by atoms with Crippen LogP contribution in [0, 0.1) is 0 Å². The number of carbonyl (C=O) groups is 2. The van der Waals surface area contributed by atoms with Crippen molar-refractivity contribution in [3.05, 3.63) is 0 Å². The lowest BCUT2D eigenvalue weighted by Gasteiger charge is -2.44. The third-order valence-electron chi connectivity index (χ3n) is 4.94. The highest BCUT2D eigenvalue weighted by atomic mass is 16.7. The minimum atomic E-state index is -1.91. The maximum Gasteiger partial charge on any atom is 0.407 e. The van der Waals surface area contributed by atoms with Gasteiger partial charge in [0.25, 0.3) is 5.79 Å². The summed E-state index contributed by atoms with van der Waals surface area (Å²) in [6.45, 7) is 0.0362. The molecule has 1 amide bonds. The lowest BCUT2D eigenvalue weighted by molar-refractivity contribution is -0.307. The van der Waals surface area contributed by atoms with Gasteiger partial charge in [-0.05, 0) is 19.4 Å². The second-order valence-corrected chi connectivity index (χ2v) is 6.94. The van der Waals surface area contributed by atoms with E-state index in [2.05, 4.69) is 5.32 Å². The van der Waals surface area contributed by atoms with Gasteiger partial charge in [-0.3, -0.25) is 0 Å². The minimum absolute atomic E-state index is 0.135. The summed E-state index contributed by atoms with van der Waals surface area (Å²) in [4.78, 5) is 24.2. The predicted octanol–water partition coefficient (Wildman–Crippen LogP) is -1.63. The van der Waals surface area contributed by atoms with Crippen LogP contribution in [0.3, 0.4) is 0 Å². The first kappa shape index (κ1) is 22.8. The van der Waals surface area contributed by atoms with E-state index in [0.717, 1.165) is 26.4 Å². The number of aliphatic hydroxyl groups is 3. The number of aliphatic hydroxyl groups excluding tert-OH is 3. The van der Waals surface area contributed by atoms with E-state index >= 15 is 0 Å². The zero-order valence-corrected chi connectivity index (χ0v) is 15.9. The summed E-state index contributed by atoms with van der Waals surface area (Å²) < 4.78 is 21.5. The molecule has 28 heavy (non-hydrogen) atoms. The number of esters is 1. The smallest absolute Gasteiger partial charge is 0.407 e. The molecule has 0 spiro atoms. The predicted molar refractivity (Wildman–Crippen MR) is 94.0 cm³/mol. The molecule has 0 saturated carbocycles. The number of ether oxygens (including phenoxy) is 4. The molecule has 11 heteroatoms. The Kier molecular flexibility index (Phi) is 8.40. The summed E-state index contributed by atoms with van der Waals surface area (Å²) in [5, 5.41) is 31.8. The highest BCUT2D eigenvalue weighted by Gasteiger charge is 2.59. The monoisotopic (exact) mass is 406 g/mol. The fourth-order valence-electron chi connectivity index (χ4n) is 3.43. The third-order valence-corrected chi connectivity index (χ3v) is 4.94. The molecule has 2 fully saturated rings. The van der Waals surface area contributed by atoms with Crippen LogP contribution in [0.4, 0.5) is 4.79 Å². The topological polar surface area (TPSA) is 170 Å². The van der Waals surface area contributed by atoms with Crippen molar-refractivity contribution in [2.24, 2.45) is 5.73 Å². The van der Waals surface area contributed by atoms with Crippen molar-refractivity contribution < 1.29 is 43.9 Å². The third kappa shape index (κ3) is 5.10. The molecule has 2 aliphatic rings. The Hall–Kier alpha value is -1.50. The quantitative estimate of drug-likeness (QED) is 0.198. The zero-order chi connectivity index (χ0) is 20.7. The SMILES string of the molecule is COC(=O)C1(OCCCCCCN)C[C@H]2OC(=O)NC2C([C@H](O)[C@H](O)CO)O1. The van der Waals surface area contributed by atoms with Crippen LogP contribution >= 0.6 is 0 Å². The number of unbranched alkanes of at least 4 members (excludes halogenated alkanes) is 3. The van der Waals surface area contributed by atoms with Gasteiger partial charge in [0, 0.05) is 0 Å². The second kappa shape index (κ2) is 10.3. The maximum atomic E-state index is 12.5. The Morgan fingerprint density at radius 1 is 1.36 bits per heavy atom. The number of amides is 1. The van der Waals surface area contributed by atoms with Gasteiger partial charge in [-0.25, -0.2) is 9.59 Å². The van der Waals surface area contributed by atoms with E-state index in [9.17, 15) is 19.8 Å². The Bertz CT molecular complexity index is 535. The Balaban J connectivity index is 2.16. The highest BCUT2D eigenvalue weighted by Crippen LogP contribution is 2.37. The average molecular weight is 406 g/mol. The van der Waals surface area contributed by atoms with E-state index in [1.54, 1.807) is 0 Å². The van der Waals surface area contributed by atoms with E-state index in [-0.39, 0.29) is 13.0 Å². The Labute approximate surface area is 163 Å². The summed E-state index contributed by atoms with van der Waals surface area (Å²) in [7, 11) is 1.16. The molecule has 11 nitrogen and oxygen atoms in total. The number of hydrogen-bond donors (Lipinski definition) is 5. The summed E-state index contributed by atoms with van der Waals surface area (Å²) in [5.41, 5.74) is 5.46. The molecule has 2 heterocycles. The number of fused-ring (bicyclic) bond motifs is 1. The van der Waals surface area contributed by atoms with E-state index in [0.29, 0.717) is 13.0 Å². The van der Waals surface area contributed by atoms with Gasteiger partial charge >= 0.3 is 12.1 Å². The number of alkyl carbamates (subject to hydrolysis) is 1. The minimum Gasteiger partial charge on any atom is -0.465 e. The second-order valence-electron chi connectivity index (χ2n) is 6.94. The first-order chi connectivity index (χ1) is 13.4. The molecule has 0 radical (unpaired) electrons. The van der Waals surface area contributed by atoms with Crippen LogP contribution in [0.2, 0.25) is 0 Å². The first-order valence-corrected chi connectivity index (χ1v) is 9.43. The molecule has 6 atom stereocenters. The summed E-state index contributed by atoms with van der Waals surface area (Å²) in [6.07, 6.45) is -2.84. The van der Waals surface area contributed by atoms with Crippen LogP contribution in [0.1, 0.15) is 32.1 Å². The number of rotatable bonds is 11. The molecule has 0 aromatic carbocycles. The average Bonchev–Trinajstić information content (AvgIpc) is 3.07. The first-order valence-electron chi connectivity index (χ1n) is 9.43. The number of nitrogens with one attached hydrogen (secondary N) is 1. The molecule has 0 aliphatic carbocycles. The van der Waals surface area contributed by atoms with Crippen molar-refractivity contribution >= 4 is 12.1 Å². The molecule has 162 valence electrons.